The minimum absolute atomic E-state index is 0.0301. The summed E-state index contributed by atoms with van der Waals surface area (Å²) in [4.78, 5) is 18.9. The van der Waals surface area contributed by atoms with Crippen molar-refractivity contribution in [1.29, 1.82) is 0 Å². The maximum Gasteiger partial charge on any atom is 0.275 e. The number of imidazole rings is 1. The fraction of sp³-hybridized carbons (Fsp3) is 0.429. The van der Waals surface area contributed by atoms with E-state index in [-0.39, 0.29) is 42.2 Å². The number of alkyl halides is 2. The van der Waals surface area contributed by atoms with Gasteiger partial charge in [-0.2, -0.15) is 0 Å². The van der Waals surface area contributed by atoms with E-state index in [1.165, 1.54) is 33.1 Å². The molecule has 6 rings (SSSR count). The van der Waals surface area contributed by atoms with Gasteiger partial charge in [0.05, 0.1) is 55.2 Å². The van der Waals surface area contributed by atoms with Crippen molar-refractivity contribution in [3.05, 3.63) is 54.2 Å². The Morgan fingerprint density at radius 2 is 1.86 bits per heavy atom. The van der Waals surface area contributed by atoms with Gasteiger partial charge in [0.2, 0.25) is 0 Å². The van der Waals surface area contributed by atoms with Gasteiger partial charge in [0.25, 0.3) is 5.92 Å². The lowest BCUT2D eigenvalue weighted by molar-refractivity contribution is -0.197. The van der Waals surface area contributed by atoms with Crippen LogP contribution >= 0.6 is 0 Å². The first-order valence-electron chi connectivity index (χ1n) is 13.6. The first kappa shape index (κ1) is 29.0. The SMILES string of the molecule is COc1cc(F)c(-c2cc(Cn3cnc4c(N)ncnc43)c(N3CCC(OC)[C@@]4(N)C3CCC(F)(F)[C@@H]4O)cn2)cc1F. The number of fused-ring (bicyclic) bond motifs is 2. The minimum atomic E-state index is -3.40. The normalized spacial score (nSPS) is 25.1. The highest BCUT2D eigenvalue weighted by Crippen LogP contribution is 2.47. The standard InChI is InChI=1S/C28H30F4N8O3/c1-42-20-9-16(29)15(8-17(20)30)18-7-14(11-39-13-38-23-24(33)36-12-37-25(23)39)19(10-35-18)40-6-4-22(43-2)28(34)21(40)3-5-27(31,32)26(28)41/h7-10,12-13,21-22,26,41H,3-6,11,34H2,1-2H3,(H2,33,36,37)/t21?,22?,26-,28-/m0/s1. The molecule has 4 aromatic rings. The van der Waals surface area contributed by atoms with E-state index in [9.17, 15) is 18.3 Å². The summed E-state index contributed by atoms with van der Waals surface area (Å²) >= 11 is 0. The fourth-order valence-electron chi connectivity index (χ4n) is 6.45. The number of nitrogens with zero attached hydrogens (tertiary/aromatic N) is 6. The predicted octanol–water partition coefficient (Wildman–Crippen LogP) is 2.89. The predicted molar refractivity (Wildman–Crippen MR) is 149 cm³/mol. The van der Waals surface area contributed by atoms with E-state index >= 15 is 4.39 Å². The Kier molecular flexibility index (Phi) is 7.13. The van der Waals surface area contributed by atoms with E-state index in [1.54, 1.807) is 10.6 Å². The summed E-state index contributed by atoms with van der Waals surface area (Å²) in [7, 11) is 2.62. The molecule has 4 heterocycles. The molecule has 3 aromatic heterocycles. The molecule has 2 fully saturated rings. The quantitative estimate of drug-likeness (QED) is 0.281. The molecule has 1 saturated heterocycles. The maximum atomic E-state index is 15.1. The van der Waals surface area contributed by atoms with Gasteiger partial charge in [0.15, 0.2) is 23.0 Å². The number of methoxy groups -OCH3 is 2. The van der Waals surface area contributed by atoms with Gasteiger partial charge in [0, 0.05) is 31.7 Å². The van der Waals surface area contributed by atoms with E-state index in [0.717, 1.165) is 12.1 Å². The van der Waals surface area contributed by atoms with E-state index in [4.69, 9.17) is 20.9 Å². The van der Waals surface area contributed by atoms with Crippen LogP contribution in [0.2, 0.25) is 0 Å². The summed E-state index contributed by atoms with van der Waals surface area (Å²) in [6, 6.07) is 2.77. The van der Waals surface area contributed by atoms with E-state index < -0.39 is 47.8 Å². The van der Waals surface area contributed by atoms with Crippen molar-refractivity contribution < 1.29 is 32.1 Å². The van der Waals surface area contributed by atoms with Gasteiger partial charge in [0.1, 0.15) is 23.8 Å². The second kappa shape index (κ2) is 10.6. The molecule has 2 unspecified atom stereocenters. The van der Waals surface area contributed by atoms with Crippen LogP contribution < -0.4 is 21.1 Å². The zero-order valence-electron chi connectivity index (χ0n) is 23.3. The fourth-order valence-corrected chi connectivity index (χ4v) is 6.45. The number of ether oxygens (including phenoxy) is 2. The molecule has 228 valence electrons. The van der Waals surface area contributed by atoms with Gasteiger partial charge in [-0.05, 0) is 30.5 Å². The van der Waals surface area contributed by atoms with Gasteiger partial charge < -0.3 is 35.5 Å². The molecule has 0 spiro atoms. The number of aliphatic hydroxyl groups is 1. The van der Waals surface area contributed by atoms with Crippen molar-refractivity contribution in [2.24, 2.45) is 5.73 Å². The Morgan fingerprint density at radius 3 is 2.60 bits per heavy atom. The molecule has 43 heavy (non-hydrogen) atoms. The van der Waals surface area contributed by atoms with Crippen molar-refractivity contribution in [2.45, 2.75) is 55.5 Å². The number of benzene rings is 1. The Balaban J connectivity index is 1.49. The van der Waals surface area contributed by atoms with Crippen molar-refractivity contribution in [3.8, 4) is 17.0 Å². The molecular formula is C28H30F4N8O3. The molecule has 15 heteroatoms. The number of aliphatic hydroxyl groups excluding tert-OH is 1. The molecule has 0 amide bonds. The Morgan fingerprint density at radius 1 is 1.07 bits per heavy atom. The largest absolute Gasteiger partial charge is 0.494 e. The highest BCUT2D eigenvalue weighted by atomic mass is 19.3. The number of nitrogens with two attached hydrogens (primary N) is 2. The molecule has 0 bridgehead atoms. The highest BCUT2D eigenvalue weighted by Gasteiger charge is 2.64. The third-order valence-corrected chi connectivity index (χ3v) is 8.62. The second-order valence-electron chi connectivity index (χ2n) is 10.9. The van der Waals surface area contributed by atoms with Crippen molar-refractivity contribution >= 4 is 22.7 Å². The smallest absolute Gasteiger partial charge is 0.275 e. The van der Waals surface area contributed by atoms with E-state index in [0.29, 0.717) is 29.0 Å². The number of hydrogen-bond acceptors (Lipinski definition) is 10. The van der Waals surface area contributed by atoms with Crippen LogP contribution in [-0.2, 0) is 11.3 Å². The third kappa shape index (κ3) is 4.62. The molecule has 0 radical (unpaired) electrons. The molecule has 1 saturated carbocycles. The summed E-state index contributed by atoms with van der Waals surface area (Å²) in [5.41, 5.74) is 12.7. The number of pyridine rings is 1. The van der Waals surface area contributed by atoms with Crippen LogP contribution in [0.15, 0.2) is 37.1 Å². The number of aromatic nitrogens is 5. The van der Waals surface area contributed by atoms with Gasteiger partial charge in [-0.25, -0.2) is 32.5 Å². The van der Waals surface area contributed by atoms with Crippen LogP contribution in [0.3, 0.4) is 0 Å². The molecule has 2 aliphatic rings. The molecule has 1 aliphatic carbocycles. The molecule has 4 atom stereocenters. The van der Waals surface area contributed by atoms with E-state index in [2.05, 4.69) is 19.9 Å². The van der Waals surface area contributed by atoms with Gasteiger partial charge >= 0.3 is 0 Å². The lowest BCUT2D eigenvalue weighted by Crippen LogP contribution is -2.79. The molecule has 1 aromatic carbocycles. The van der Waals surface area contributed by atoms with Crippen molar-refractivity contribution in [2.75, 3.05) is 31.4 Å². The number of nitrogen functional groups attached to an aromatic ring is 1. The van der Waals surface area contributed by atoms with Crippen LogP contribution in [0, 0.1) is 11.6 Å². The Hall–Kier alpha value is -4.08. The van der Waals surface area contributed by atoms with Gasteiger partial charge in [-0.1, -0.05) is 0 Å². The number of hydrogen-bond donors (Lipinski definition) is 3. The lowest BCUT2D eigenvalue weighted by atomic mass is 9.67. The molecule has 11 nitrogen and oxygen atoms in total. The average Bonchev–Trinajstić information content (AvgIpc) is 3.40. The topological polar surface area (TPSA) is 150 Å². The van der Waals surface area contributed by atoms with Crippen molar-refractivity contribution in [1.82, 2.24) is 24.5 Å². The van der Waals surface area contributed by atoms with Gasteiger partial charge in [-0.15, -0.1) is 0 Å². The first-order chi connectivity index (χ1) is 20.5. The minimum Gasteiger partial charge on any atom is -0.494 e. The zero-order chi connectivity index (χ0) is 30.7. The molecular weight excluding hydrogens is 572 g/mol. The van der Waals surface area contributed by atoms with Crippen LogP contribution in [0.25, 0.3) is 22.4 Å². The molecule has 1 aliphatic heterocycles. The second-order valence-corrected chi connectivity index (χ2v) is 10.9. The van der Waals surface area contributed by atoms with Crippen LogP contribution in [-0.4, -0.2) is 80.1 Å². The maximum absolute atomic E-state index is 15.1. The summed E-state index contributed by atoms with van der Waals surface area (Å²) in [5, 5.41) is 10.8. The zero-order valence-corrected chi connectivity index (χ0v) is 23.3. The van der Waals surface area contributed by atoms with Crippen LogP contribution in [0.1, 0.15) is 24.8 Å². The summed E-state index contributed by atoms with van der Waals surface area (Å²) < 4.78 is 71.5. The van der Waals surface area contributed by atoms with Gasteiger partial charge in [-0.3, -0.25) is 4.98 Å². The van der Waals surface area contributed by atoms with Crippen LogP contribution in [0.4, 0.5) is 29.1 Å². The summed E-state index contributed by atoms with van der Waals surface area (Å²) in [6.45, 7) is 0.463. The average molecular weight is 603 g/mol. The third-order valence-electron chi connectivity index (χ3n) is 8.62. The first-order valence-corrected chi connectivity index (χ1v) is 13.6. The van der Waals surface area contributed by atoms with E-state index in [1.807, 2.05) is 4.90 Å². The van der Waals surface area contributed by atoms with Crippen molar-refractivity contribution in [3.63, 3.8) is 0 Å². The number of anilines is 2. The number of piperidine rings is 1. The molecule has 5 N–H and O–H groups in total. The monoisotopic (exact) mass is 602 g/mol. The number of halogens is 4. The Bertz CT molecular complexity index is 1690. The Labute approximate surface area is 243 Å². The summed E-state index contributed by atoms with van der Waals surface area (Å²) in [6.07, 6.45) is 0.932. The lowest BCUT2D eigenvalue weighted by Gasteiger charge is -2.58. The van der Waals surface area contributed by atoms with Crippen LogP contribution in [0.5, 0.6) is 5.75 Å². The number of rotatable bonds is 6. The highest BCUT2D eigenvalue weighted by molar-refractivity contribution is 5.81. The summed E-state index contributed by atoms with van der Waals surface area (Å²) in [5.74, 6) is -5.00.